The summed E-state index contributed by atoms with van der Waals surface area (Å²) in [6, 6.07) is 10.5. The van der Waals surface area contributed by atoms with Crippen molar-refractivity contribution in [3.63, 3.8) is 0 Å². The summed E-state index contributed by atoms with van der Waals surface area (Å²) in [4.78, 5) is 35.7. The first-order valence-corrected chi connectivity index (χ1v) is 9.20. The number of hydrogen-bond acceptors (Lipinski definition) is 3. The summed E-state index contributed by atoms with van der Waals surface area (Å²) in [7, 11) is 0. The molecule has 0 unspecified atom stereocenters. The van der Waals surface area contributed by atoms with Crippen molar-refractivity contribution in [3.05, 3.63) is 64.4 Å². The van der Waals surface area contributed by atoms with Crippen molar-refractivity contribution in [2.24, 2.45) is 0 Å². The Morgan fingerprint density at radius 2 is 1.61 bits per heavy atom. The van der Waals surface area contributed by atoms with Crippen molar-refractivity contribution in [2.75, 3.05) is 18.4 Å². The second-order valence-corrected chi connectivity index (χ2v) is 6.39. The highest BCUT2D eigenvalue weighted by Gasteiger charge is 2.15. The van der Waals surface area contributed by atoms with Crippen molar-refractivity contribution in [1.29, 1.82) is 0 Å². The number of benzene rings is 2. The van der Waals surface area contributed by atoms with Crippen LogP contribution in [0.4, 0.5) is 10.1 Å². The third-order valence-electron chi connectivity index (χ3n) is 3.79. The van der Waals surface area contributed by atoms with Gasteiger partial charge in [0.05, 0.1) is 10.6 Å². The van der Waals surface area contributed by atoms with E-state index in [1.807, 2.05) is 6.92 Å². The second-order valence-electron chi connectivity index (χ2n) is 5.98. The molecule has 0 saturated heterocycles. The van der Waals surface area contributed by atoms with Gasteiger partial charge in [-0.2, -0.15) is 0 Å². The molecular weight excluding hydrogens is 385 g/mol. The van der Waals surface area contributed by atoms with E-state index < -0.39 is 11.7 Å². The monoisotopic (exact) mass is 405 g/mol. The Bertz CT molecular complexity index is 836. The zero-order valence-electron chi connectivity index (χ0n) is 15.4. The molecule has 0 aromatic heterocycles. The van der Waals surface area contributed by atoms with E-state index in [1.54, 1.807) is 24.3 Å². The van der Waals surface area contributed by atoms with Crippen LogP contribution >= 0.6 is 11.6 Å². The van der Waals surface area contributed by atoms with Crippen LogP contribution in [0.1, 0.15) is 40.5 Å². The van der Waals surface area contributed by atoms with E-state index in [2.05, 4.69) is 16.0 Å². The van der Waals surface area contributed by atoms with E-state index >= 15 is 0 Å². The van der Waals surface area contributed by atoms with Gasteiger partial charge in [0.2, 0.25) is 5.91 Å². The average molecular weight is 406 g/mol. The molecule has 0 radical (unpaired) electrons. The Morgan fingerprint density at radius 1 is 0.964 bits per heavy atom. The Morgan fingerprint density at radius 3 is 2.21 bits per heavy atom. The van der Waals surface area contributed by atoms with Gasteiger partial charge in [0.25, 0.3) is 11.8 Å². The largest absolute Gasteiger partial charge is 0.350 e. The smallest absolute Gasteiger partial charge is 0.255 e. The molecule has 0 aliphatic rings. The van der Waals surface area contributed by atoms with Crippen molar-refractivity contribution in [2.45, 2.75) is 19.8 Å². The predicted molar refractivity (Wildman–Crippen MR) is 106 cm³/mol. The van der Waals surface area contributed by atoms with Gasteiger partial charge < -0.3 is 16.0 Å². The fraction of sp³-hybridized carbons (Fsp3) is 0.250. The van der Waals surface area contributed by atoms with E-state index in [0.717, 1.165) is 12.5 Å². The zero-order chi connectivity index (χ0) is 20.5. The number of hydrogen-bond donors (Lipinski definition) is 3. The molecule has 0 aliphatic carbocycles. The van der Waals surface area contributed by atoms with Crippen LogP contribution in [0.2, 0.25) is 5.02 Å². The van der Waals surface area contributed by atoms with Gasteiger partial charge in [0, 0.05) is 30.8 Å². The van der Waals surface area contributed by atoms with Crippen LogP contribution < -0.4 is 16.0 Å². The highest BCUT2D eigenvalue weighted by molar-refractivity contribution is 6.33. The SMILES string of the molecule is CCCC(=O)Nc1ccc(C(=O)NCCNC(=O)c2c(F)cccc2Cl)cc1. The van der Waals surface area contributed by atoms with Gasteiger partial charge in [-0.3, -0.25) is 14.4 Å². The molecule has 2 aromatic carbocycles. The molecule has 8 heteroatoms. The summed E-state index contributed by atoms with van der Waals surface area (Å²) >= 11 is 5.83. The Labute approximate surface area is 167 Å². The Kier molecular flexibility index (Phi) is 7.95. The number of amides is 3. The topological polar surface area (TPSA) is 87.3 Å². The van der Waals surface area contributed by atoms with Gasteiger partial charge >= 0.3 is 0 Å². The maximum Gasteiger partial charge on any atom is 0.255 e. The Hall–Kier alpha value is -2.93. The van der Waals surface area contributed by atoms with Gasteiger partial charge in [0.1, 0.15) is 5.82 Å². The first-order valence-electron chi connectivity index (χ1n) is 8.82. The lowest BCUT2D eigenvalue weighted by molar-refractivity contribution is -0.116. The van der Waals surface area contributed by atoms with Gasteiger partial charge in [-0.05, 0) is 42.8 Å². The molecule has 148 valence electrons. The van der Waals surface area contributed by atoms with Crippen LogP contribution in [-0.4, -0.2) is 30.8 Å². The third kappa shape index (κ3) is 6.06. The molecule has 0 spiro atoms. The quantitative estimate of drug-likeness (QED) is 0.588. The highest BCUT2D eigenvalue weighted by atomic mass is 35.5. The molecule has 0 fully saturated rings. The van der Waals surface area contributed by atoms with Crippen LogP contribution in [0.15, 0.2) is 42.5 Å². The standard InChI is InChI=1S/C20H21ClFN3O3/c1-2-4-17(26)25-14-9-7-13(8-10-14)19(27)23-11-12-24-20(28)18-15(21)5-3-6-16(18)22/h3,5-10H,2,4,11-12H2,1H3,(H,23,27)(H,24,28)(H,25,26). The van der Waals surface area contributed by atoms with Crippen molar-refractivity contribution in [3.8, 4) is 0 Å². The first kappa shape index (κ1) is 21.4. The lowest BCUT2D eigenvalue weighted by atomic mass is 10.2. The number of carbonyl (C=O) groups is 3. The van der Waals surface area contributed by atoms with Crippen LogP contribution in [0.25, 0.3) is 0 Å². The van der Waals surface area contributed by atoms with E-state index in [0.29, 0.717) is 17.7 Å². The van der Waals surface area contributed by atoms with E-state index in [4.69, 9.17) is 11.6 Å². The molecule has 2 rings (SSSR count). The number of rotatable bonds is 8. The second kappa shape index (κ2) is 10.4. The summed E-state index contributed by atoms with van der Waals surface area (Å²) in [5, 5.41) is 7.91. The molecule has 2 aromatic rings. The summed E-state index contributed by atoms with van der Waals surface area (Å²) in [6.45, 7) is 2.19. The zero-order valence-corrected chi connectivity index (χ0v) is 16.1. The Balaban J connectivity index is 1.79. The molecular formula is C20H21ClFN3O3. The third-order valence-corrected chi connectivity index (χ3v) is 4.11. The first-order chi connectivity index (χ1) is 13.4. The summed E-state index contributed by atoms with van der Waals surface area (Å²) in [5.74, 6) is -1.76. The van der Waals surface area contributed by atoms with Crippen LogP contribution in [0.3, 0.4) is 0 Å². The minimum absolute atomic E-state index is 0.0210. The summed E-state index contributed by atoms with van der Waals surface area (Å²) < 4.78 is 13.7. The molecule has 3 amide bonds. The molecule has 0 aliphatic heterocycles. The van der Waals surface area contributed by atoms with Crippen molar-refractivity contribution >= 4 is 35.0 Å². The minimum atomic E-state index is -0.708. The lowest BCUT2D eigenvalue weighted by Crippen LogP contribution is -2.35. The fourth-order valence-electron chi connectivity index (χ4n) is 2.41. The molecule has 0 atom stereocenters. The van der Waals surface area contributed by atoms with E-state index in [9.17, 15) is 18.8 Å². The number of nitrogens with one attached hydrogen (secondary N) is 3. The van der Waals surface area contributed by atoms with Crippen LogP contribution in [0.5, 0.6) is 0 Å². The maximum absolute atomic E-state index is 13.7. The van der Waals surface area contributed by atoms with Crippen molar-refractivity contribution < 1.29 is 18.8 Å². The molecule has 0 bridgehead atoms. The molecule has 28 heavy (non-hydrogen) atoms. The molecule has 6 nitrogen and oxygen atoms in total. The van der Waals surface area contributed by atoms with E-state index in [1.165, 1.54) is 12.1 Å². The van der Waals surface area contributed by atoms with Crippen molar-refractivity contribution in [1.82, 2.24) is 10.6 Å². The van der Waals surface area contributed by atoms with Gasteiger partial charge in [-0.15, -0.1) is 0 Å². The number of halogens is 2. The van der Waals surface area contributed by atoms with E-state index in [-0.39, 0.29) is 35.5 Å². The van der Waals surface area contributed by atoms with Gasteiger partial charge in [-0.25, -0.2) is 4.39 Å². The molecule has 3 N–H and O–H groups in total. The van der Waals surface area contributed by atoms with Crippen LogP contribution in [-0.2, 0) is 4.79 Å². The average Bonchev–Trinajstić information content (AvgIpc) is 2.65. The minimum Gasteiger partial charge on any atom is -0.350 e. The highest BCUT2D eigenvalue weighted by Crippen LogP contribution is 2.18. The van der Waals surface area contributed by atoms with Gasteiger partial charge in [-0.1, -0.05) is 24.6 Å². The molecule has 0 heterocycles. The molecule has 0 saturated carbocycles. The summed E-state index contributed by atoms with van der Waals surface area (Å²) in [5.41, 5.74) is 0.803. The number of anilines is 1. The van der Waals surface area contributed by atoms with Gasteiger partial charge in [0.15, 0.2) is 0 Å². The lowest BCUT2D eigenvalue weighted by Gasteiger charge is -2.09. The number of carbonyl (C=O) groups excluding carboxylic acids is 3. The van der Waals surface area contributed by atoms with Crippen LogP contribution in [0, 0.1) is 5.82 Å². The maximum atomic E-state index is 13.7. The normalized spacial score (nSPS) is 10.2. The predicted octanol–water partition coefficient (Wildman–Crippen LogP) is 3.38. The summed E-state index contributed by atoms with van der Waals surface area (Å²) in [6.07, 6.45) is 1.19. The fourth-order valence-corrected chi connectivity index (χ4v) is 2.66.